The Bertz CT molecular complexity index is 158. The summed E-state index contributed by atoms with van der Waals surface area (Å²) in [6, 6.07) is 0. The van der Waals surface area contributed by atoms with Gasteiger partial charge < -0.3 is 4.90 Å². The summed E-state index contributed by atoms with van der Waals surface area (Å²) in [5.41, 5.74) is 0. The fourth-order valence-electron chi connectivity index (χ4n) is 2.87. The number of hydrogen-bond donors (Lipinski definition) is 0. The average molecular weight is 209 g/mol. The topological polar surface area (TPSA) is 17.3 Å². The molecule has 0 N–H and O–H groups in total. The van der Waals surface area contributed by atoms with Crippen molar-refractivity contribution in [1.82, 2.24) is 10.2 Å². The van der Waals surface area contributed by atoms with E-state index in [1.807, 2.05) is 0 Å². The summed E-state index contributed by atoms with van der Waals surface area (Å²) in [4.78, 5) is 2.63. The Morgan fingerprint density at radius 3 is 2.67 bits per heavy atom. The minimum atomic E-state index is 0.928. The molecule has 87 valence electrons. The van der Waals surface area contributed by atoms with E-state index in [9.17, 15) is 0 Å². The lowest BCUT2D eigenvalue weighted by Crippen LogP contribution is -2.24. The second-order valence-electron chi connectivity index (χ2n) is 5.18. The number of rotatable bonds is 5. The molecule has 0 aliphatic carbocycles. The second kappa shape index (κ2) is 6.49. The Balaban J connectivity index is 1.47. The zero-order chi connectivity index (χ0) is 10.3. The van der Waals surface area contributed by atoms with Crippen molar-refractivity contribution in [3.63, 3.8) is 0 Å². The van der Waals surface area contributed by atoms with Crippen LogP contribution in [0.25, 0.3) is 0 Å². The second-order valence-corrected chi connectivity index (χ2v) is 5.18. The molecule has 2 heterocycles. The van der Waals surface area contributed by atoms with Gasteiger partial charge in [-0.1, -0.05) is 6.42 Å². The van der Waals surface area contributed by atoms with E-state index < -0.39 is 0 Å². The fourth-order valence-corrected chi connectivity index (χ4v) is 2.87. The zero-order valence-electron chi connectivity index (χ0n) is 9.96. The molecule has 1 radical (unpaired) electrons. The lowest BCUT2D eigenvalue weighted by molar-refractivity contribution is 0.305. The smallest absolute Gasteiger partial charge is 0.0161 e. The number of likely N-dealkylation sites (tertiary alicyclic amines) is 1. The number of hydrogen-bond acceptors (Lipinski definition) is 1. The van der Waals surface area contributed by atoms with Gasteiger partial charge in [-0.25, -0.2) is 5.32 Å². The molecule has 15 heavy (non-hydrogen) atoms. The van der Waals surface area contributed by atoms with Crippen LogP contribution in [0.5, 0.6) is 0 Å². The lowest BCUT2D eigenvalue weighted by Gasteiger charge is -2.21. The van der Waals surface area contributed by atoms with Gasteiger partial charge in [-0.3, -0.25) is 0 Å². The molecule has 2 fully saturated rings. The number of piperidine rings is 1. The maximum Gasteiger partial charge on any atom is 0.0161 e. The van der Waals surface area contributed by atoms with Crippen LogP contribution >= 0.6 is 0 Å². The summed E-state index contributed by atoms with van der Waals surface area (Å²) < 4.78 is 0. The van der Waals surface area contributed by atoms with Crippen LogP contribution in [-0.4, -0.2) is 37.6 Å². The SMILES string of the molecule is C(CCN1CCCC1)CC1CCC[N]C1. The summed E-state index contributed by atoms with van der Waals surface area (Å²) in [5, 5.41) is 4.50. The maximum atomic E-state index is 4.50. The molecule has 0 saturated carbocycles. The molecule has 2 heteroatoms. The van der Waals surface area contributed by atoms with Crippen LogP contribution in [0.2, 0.25) is 0 Å². The first-order valence-electron chi connectivity index (χ1n) is 6.81. The van der Waals surface area contributed by atoms with Crippen molar-refractivity contribution in [2.75, 3.05) is 32.7 Å². The molecule has 2 aliphatic rings. The normalized spacial score (nSPS) is 28.4. The zero-order valence-corrected chi connectivity index (χ0v) is 9.96. The van der Waals surface area contributed by atoms with Gasteiger partial charge in [-0.15, -0.1) is 0 Å². The van der Waals surface area contributed by atoms with Gasteiger partial charge in [-0.2, -0.15) is 0 Å². The highest BCUT2D eigenvalue weighted by Gasteiger charge is 2.14. The molecular formula is C13H25N2. The van der Waals surface area contributed by atoms with Crippen LogP contribution in [0.15, 0.2) is 0 Å². The van der Waals surface area contributed by atoms with Crippen LogP contribution in [0.1, 0.15) is 44.9 Å². The van der Waals surface area contributed by atoms with Crippen molar-refractivity contribution >= 4 is 0 Å². The average Bonchev–Trinajstić information content (AvgIpc) is 2.79. The van der Waals surface area contributed by atoms with Crippen LogP contribution < -0.4 is 5.32 Å². The Morgan fingerprint density at radius 2 is 1.93 bits per heavy atom. The Labute approximate surface area is 94.4 Å². The summed E-state index contributed by atoms with van der Waals surface area (Å²) in [5.74, 6) is 0.928. The highest BCUT2D eigenvalue weighted by atomic mass is 15.1. The highest BCUT2D eigenvalue weighted by Crippen LogP contribution is 2.18. The van der Waals surface area contributed by atoms with E-state index in [0.29, 0.717) is 0 Å². The molecule has 0 aromatic carbocycles. The summed E-state index contributed by atoms with van der Waals surface area (Å²) in [7, 11) is 0. The molecule has 2 aliphatic heterocycles. The van der Waals surface area contributed by atoms with Crippen molar-refractivity contribution in [2.24, 2.45) is 5.92 Å². The van der Waals surface area contributed by atoms with Gasteiger partial charge in [0.05, 0.1) is 0 Å². The molecule has 1 atom stereocenters. The summed E-state index contributed by atoms with van der Waals surface area (Å²) >= 11 is 0. The first kappa shape index (κ1) is 11.4. The molecule has 1 unspecified atom stereocenters. The highest BCUT2D eigenvalue weighted by molar-refractivity contribution is 4.70. The van der Waals surface area contributed by atoms with Gasteiger partial charge in [-0.05, 0) is 64.1 Å². The Morgan fingerprint density at radius 1 is 1.07 bits per heavy atom. The standard InChI is InChI=1S/C13H25N2/c1(2-9-15-10-3-4-11-15)6-13-7-5-8-14-12-13/h13H,1-12H2. The van der Waals surface area contributed by atoms with Gasteiger partial charge in [0.15, 0.2) is 0 Å². The van der Waals surface area contributed by atoms with Crippen molar-refractivity contribution in [3.05, 3.63) is 0 Å². The first-order chi connectivity index (χ1) is 7.45. The minimum Gasteiger partial charge on any atom is -0.303 e. The van der Waals surface area contributed by atoms with Crippen LogP contribution in [0, 0.1) is 5.92 Å². The van der Waals surface area contributed by atoms with Crippen LogP contribution in [-0.2, 0) is 0 Å². The van der Waals surface area contributed by atoms with Crippen molar-refractivity contribution < 1.29 is 0 Å². The predicted molar refractivity (Wildman–Crippen MR) is 64.1 cm³/mol. The largest absolute Gasteiger partial charge is 0.303 e. The summed E-state index contributed by atoms with van der Waals surface area (Å²) in [6.45, 7) is 6.36. The van der Waals surface area contributed by atoms with Crippen molar-refractivity contribution in [1.29, 1.82) is 0 Å². The van der Waals surface area contributed by atoms with Gasteiger partial charge in [0.2, 0.25) is 0 Å². The van der Waals surface area contributed by atoms with E-state index in [1.165, 1.54) is 64.6 Å². The molecule has 0 spiro atoms. The molecular weight excluding hydrogens is 184 g/mol. The van der Waals surface area contributed by atoms with Gasteiger partial charge in [0.25, 0.3) is 0 Å². The van der Waals surface area contributed by atoms with Crippen LogP contribution in [0.3, 0.4) is 0 Å². The number of unbranched alkanes of at least 4 members (excludes halogenated alkanes) is 1. The number of nitrogens with zero attached hydrogens (tertiary/aromatic N) is 2. The molecule has 0 aromatic rings. The maximum absolute atomic E-state index is 4.50. The van der Waals surface area contributed by atoms with Crippen molar-refractivity contribution in [2.45, 2.75) is 44.9 Å². The molecule has 2 saturated heterocycles. The van der Waals surface area contributed by atoms with E-state index in [-0.39, 0.29) is 0 Å². The van der Waals surface area contributed by atoms with Gasteiger partial charge in [0.1, 0.15) is 0 Å². The third-order valence-corrected chi connectivity index (χ3v) is 3.85. The van der Waals surface area contributed by atoms with Crippen molar-refractivity contribution in [3.8, 4) is 0 Å². The predicted octanol–water partition coefficient (Wildman–Crippen LogP) is 2.27. The van der Waals surface area contributed by atoms with E-state index in [0.717, 1.165) is 19.0 Å². The Hall–Kier alpha value is -0.0800. The third kappa shape index (κ3) is 4.12. The first-order valence-corrected chi connectivity index (χ1v) is 6.81. The lowest BCUT2D eigenvalue weighted by atomic mass is 9.94. The third-order valence-electron chi connectivity index (χ3n) is 3.85. The van der Waals surface area contributed by atoms with E-state index in [4.69, 9.17) is 0 Å². The monoisotopic (exact) mass is 209 g/mol. The minimum absolute atomic E-state index is 0.928. The van der Waals surface area contributed by atoms with Gasteiger partial charge >= 0.3 is 0 Å². The molecule has 2 rings (SSSR count). The van der Waals surface area contributed by atoms with E-state index in [2.05, 4.69) is 10.2 Å². The van der Waals surface area contributed by atoms with Crippen LogP contribution in [0.4, 0.5) is 0 Å². The molecule has 0 bridgehead atoms. The van der Waals surface area contributed by atoms with Gasteiger partial charge in [0, 0.05) is 13.1 Å². The molecule has 0 amide bonds. The Kier molecular flexibility index (Phi) is 4.94. The van der Waals surface area contributed by atoms with E-state index >= 15 is 0 Å². The summed E-state index contributed by atoms with van der Waals surface area (Å²) in [6.07, 6.45) is 9.91. The molecule has 0 aromatic heterocycles. The quantitative estimate of drug-likeness (QED) is 0.635. The molecule has 2 nitrogen and oxygen atoms in total. The fraction of sp³-hybridized carbons (Fsp3) is 1.00. The van der Waals surface area contributed by atoms with E-state index in [1.54, 1.807) is 0 Å².